The molecule has 0 aromatic carbocycles. The zero-order valence-electron chi connectivity index (χ0n) is 8.11. The molecule has 0 fully saturated rings. The van der Waals surface area contributed by atoms with E-state index in [1.807, 2.05) is 28.9 Å². The summed E-state index contributed by atoms with van der Waals surface area (Å²) in [6.45, 7) is 0. The first-order valence-corrected chi connectivity index (χ1v) is 5.19. The molecule has 5 heteroatoms. The lowest BCUT2D eigenvalue weighted by molar-refractivity contribution is -0.139. The Morgan fingerprint density at radius 2 is 2.47 bits per heavy atom. The molecule has 0 unspecified atom stereocenters. The molecule has 2 rings (SSSR count). The molecule has 0 saturated heterocycles. The van der Waals surface area contributed by atoms with Crippen molar-refractivity contribution in [1.82, 2.24) is 9.38 Å². The van der Waals surface area contributed by atoms with E-state index >= 15 is 0 Å². The number of ether oxygens (including phenoxy) is 1. The SMILES string of the molecule is COC(=O)Cc1cn2cccc(Br)c2n1. The van der Waals surface area contributed by atoms with Gasteiger partial charge < -0.3 is 9.14 Å². The third-order valence-corrected chi connectivity index (χ3v) is 2.66. The number of pyridine rings is 1. The zero-order valence-corrected chi connectivity index (χ0v) is 9.69. The summed E-state index contributed by atoms with van der Waals surface area (Å²) in [6, 6.07) is 3.81. The van der Waals surface area contributed by atoms with Gasteiger partial charge in [0.05, 0.1) is 23.7 Å². The summed E-state index contributed by atoms with van der Waals surface area (Å²) in [4.78, 5) is 15.4. The van der Waals surface area contributed by atoms with Gasteiger partial charge in [-0.25, -0.2) is 4.98 Å². The Hall–Kier alpha value is -1.36. The third kappa shape index (κ3) is 2.02. The Kier molecular flexibility index (Phi) is 2.73. The Bertz CT molecular complexity index is 507. The number of rotatable bonds is 2. The summed E-state index contributed by atoms with van der Waals surface area (Å²) in [5.41, 5.74) is 1.50. The van der Waals surface area contributed by atoms with Crippen molar-refractivity contribution in [2.24, 2.45) is 0 Å². The summed E-state index contributed by atoms with van der Waals surface area (Å²) >= 11 is 3.39. The third-order valence-electron chi connectivity index (χ3n) is 2.04. The molecule has 0 N–H and O–H groups in total. The van der Waals surface area contributed by atoms with Gasteiger partial charge in [-0.2, -0.15) is 0 Å². The van der Waals surface area contributed by atoms with Gasteiger partial charge in [-0.15, -0.1) is 0 Å². The second-order valence-electron chi connectivity index (χ2n) is 3.07. The highest BCUT2D eigenvalue weighted by atomic mass is 79.9. The van der Waals surface area contributed by atoms with Crippen LogP contribution < -0.4 is 0 Å². The first-order valence-electron chi connectivity index (χ1n) is 4.39. The number of fused-ring (bicyclic) bond motifs is 1. The fourth-order valence-electron chi connectivity index (χ4n) is 1.33. The number of aromatic nitrogens is 2. The van der Waals surface area contributed by atoms with Gasteiger partial charge in [0.1, 0.15) is 0 Å². The molecule has 0 spiro atoms. The largest absolute Gasteiger partial charge is 0.469 e. The van der Waals surface area contributed by atoms with E-state index in [1.54, 1.807) is 0 Å². The molecule has 78 valence electrons. The van der Waals surface area contributed by atoms with Gasteiger partial charge >= 0.3 is 5.97 Å². The summed E-state index contributed by atoms with van der Waals surface area (Å²) in [5.74, 6) is -0.283. The van der Waals surface area contributed by atoms with Gasteiger partial charge in [0, 0.05) is 12.4 Å². The second-order valence-corrected chi connectivity index (χ2v) is 3.93. The van der Waals surface area contributed by atoms with Crippen molar-refractivity contribution in [3.63, 3.8) is 0 Å². The predicted molar refractivity (Wildman–Crippen MR) is 58.6 cm³/mol. The highest BCUT2D eigenvalue weighted by Gasteiger charge is 2.08. The van der Waals surface area contributed by atoms with E-state index in [9.17, 15) is 4.79 Å². The predicted octanol–water partition coefficient (Wildman–Crippen LogP) is 1.81. The van der Waals surface area contributed by atoms with E-state index < -0.39 is 0 Å². The molecule has 15 heavy (non-hydrogen) atoms. The number of carbonyl (C=O) groups excluding carboxylic acids is 1. The van der Waals surface area contributed by atoms with Crippen LogP contribution in [-0.2, 0) is 16.0 Å². The van der Waals surface area contributed by atoms with Crippen LogP contribution in [0.4, 0.5) is 0 Å². The summed E-state index contributed by atoms with van der Waals surface area (Å²) in [5, 5.41) is 0. The quantitative estimate of drug-likeness (QED) is 0.781. The van der Waals surface area contributed by atoms with Crippen LogP contribution in [0.25, 0.3) is 5.65 Å². The van der Waals surface area contributed by atoms with Crippen LogP contribution in [0.5, 0.6) is 0 Å². The Morgan fingerprint density at radius 3 is 3.13 bits per heavy atom. The van der Waals surface area contributed by atoms with Gasteiger partial charge in [-0.3, -0.25) is 4.79 Å². The van der Waals surface area contributed by atoms with Crippen molar-refractivity contribution in [3.05, 3.63) is 34.7 Å². The van der Waals surface area contributed by atoms with Crippen LogP contribution in [0.3, 0.4) is 0 Å². The van der Waals surface area contributed by atoms with Crippen LogP contribution in [0.1, 0.15) is 5.69 Å². The number of hydrogen-bond donors (Lipinski definition) is 0. The van der Waals surface area contributed by atoms with E-state index in [4.69, 9.17) is 0 Å². The number of carbonyl (C=O) groups is 1. The van der Waals surface area contributed by atoms with Crippen LogP contribution in [0.15, 0.2) is 29.0 Å². The number of imidazole rings is 1. The molecule has 0 aliphatic rings. The topological polar surface area (TPSA) is 43.6 Å². The molecule has 4 nitrogen and oxygen atoms in total. The minimum Gasteiger partial charge on any atom is -0.469 e. The maximum atomic E-state index is 11.1. The van der Waals surface area contributed by atoms with Crippen molar-refractivity contribution < 1.29 is 9.53 Å². The lowest BCUT2D eigenvalue weighted by Crippen LogP contribution is -2.04. The Labute approximate surface area is 95.0 Å². The van der Waals surface area contributed by atoms with E-state index in [2.05, 4.69) is 25.7 Å². The van der Waals surface area contributed by atoms with Crippen molar-refractivity contribution in [2.75, 3.05) is 7.11 Å². The van der Waals surface area contributed by atoms with Crippen molar-refractivity contribution >= 4 is 27.5 Å². The minimum atomic E-state index is -0.283. The van der Waals surface area contributed by atoms with E-state index in [0.29, 0.717) is 5.69 Å². The standard InChI is InChI=1S/C10H9BrN2O2/c1-15-9(14)5-7-6-13-4-2-3-8(11)10(13)12-7/h2-4,6H,5H2,1H3. The highest BCUT2D eigenvalue weighted by Crippen LogP contribution is 2.17. The summed E-state index contributed by atoms with van der Waals surface area (Å²) in [6.07, 6.45) is 3.90. The molecule has 0 saturated carbocycles. The molecule has 0 radical (unpaired) electrons. The number of hydrogen-bond acceptors (Lipinski definition) is 3. The molecule has 0 atom stereocenters. The fourth-order valence-corrected chi connectivity index (χ4v) is 1.78. The van der Waals surface area contributed by atoms with Gasteiger partial charge in [0.25, 0.3) is 0 Å². The molecule has 0 amide bonds. The highest BCUT2D eigenvalue weighted by molar-refractivity contribution is 9.10. The smallest absolute Gasteiger partial charge is 0.311 e. The van der Waals surface area contributed by atoms with E-state index in [1.165, 1.54) is 7.11 Å². The zero-order chi connectivity index (χ0) is 10.8. The lowest BCUT2D eigenvalue weighted by atomic mass is 10.3. The number of halogens is 1. The van der Waals surface area contributed by atoms with Crippen LogP contribution in [0.2, 0.25) is 0 Å². The Morgan fingerprint density at radius 1 is 1.67 bits per heavy atom. The lowest BCUT2D eigenvalue weighted by Gasteiger charge is -1.93. The molecule has 0 aliphatic carbocycles. The molecular formula is C10H9BrN2O2. The maximum absolute atomic E-state index is 11.1. The monoisotopic (exact) mass is 268 g/mol. The molecular weight excluding hydrogens is 260 g/mol. The minimum absolute atomic E-state index is 0.199. The fraction of sp³-hybridized carbons (Fsp3) is 0.200. The van der Waals surface area contributed by atoms with Gasteiger partial charge in [0.15, 0.2) is 5.65 Å². The number of nitrogens with zero attached hydrogens (tertiary/aromatic N) is 2. The normalized spacial score (nSPS) is 10.5. The van der Waals surface area contributed by atoms with E-state index in [0.717, 1.165) is 10.1 Å². The molecule has 2 aromatic heterocycles. The number of esters is 1. The Balaban J connectivity index is 2.39. The van der Waals surface area contributed by atoms with Crippen LogP contribution in [-0.4, -0.2) is 22.5 Å². The van der Waals surface area contributed by atoms with Crippen molar-refractivity contribution in [1.29, 1.82) is 0 Å². The van der Waals surface area contributed by atoms with Crippen molar-refractivity contribution in [2.45, 2.75) is 6.42 Å². The number of methoxy groups -OCH3 is 1. The van der Waals surface area contributed by atoms with Gasteiger partial charge in [-0.1, -0.05) is 0 Å². The maximum Gasteiger partial charge on any atom is 0.311 e. The first-order chi connectivity index (χ1) is 7.20. The molecule has 0 bridgehead atoms. The van der Waals surface area contributed by atoms with Crippen molar-refractivity contribution in [3.8, 4) is 0 Å². The average Bonchev–Trinajstić information content (AvgIpc) is 2.62. The average molecular weight is 269 g/mol. The molecule has 2 aromatic rings. The van der Waals surface area contributed by atoms with Crippen LogP contribution >= 0.6 is 15.9 Å². The van der Waals surface area contributed by atoms with E-state index in [-0.39, 0.29) is 12.4 Å². The van der Waals surface area contributed by atoms with Crippen LogP contribution in [0, 0.1) is 0 Å². The molecule has 2 heterocycles. The summed E-state index contributed by atoms with van der Waals surface area (Å²) < 4.78 is 7.35. The van der Waals surface area contributed by atoms with Gasteiger partial charge in [-0.05, 0) is 28.1 Å². The molecule has 0 aliphatic heterocycles. The first kappa shape index (κ1) is 10.2. The van der Waals surface area contributed by atoms with Gasteiger partial charge in [0.2, 0.25) is 0 Å². The second kappa shape index (κ2) is 4.02. The summed E-state index contributed by atoms with van der Waals surface area (Å²) in [7, 11) is 1.37.